The lowest BCUT2D eigenvalue weighted by Crippen LogP contribution is -2.29. The number of benzene rings is 2. The number of pyridine rings is 1. The van der Waals surface area contributed by atoms with E-state index in [-0.39, 0.29) is 23.3 Å². The minimum atomic E-state index is -0.736. The van der Waals surface area contributed by atoms with Crippen molar-refractivity contribution in [1.82, 2.24) is 9.88 Å². The van der Waals surface area contributed by atoms with Crippen LogP contribution in [0.4, 0.5) is 5.69 Å². The zero-order valence-corrected chi connectivity index (χ0v) is 23.2. The number of ketones is 1. The van der Waals surface area contributed by atoms with Gasteiger partial charge in [0.15, 0.2) is 0 Å². The van der Waals surface area contributed by atoms with Crippen molar-refractivity contribution in [3.05, 3.63) is 100 Å². The molecule has 1 aromatic heterocycles. The number of hydrogen-bond donors (Lipinski definition) is 1. The van der Waals surface area contributed by atoms with Crippen LogP contribution in [0.2, 0.25) is 0 Å². The summed E-state index contributed by atoms with van der Waals surface area (Å²) >= 11 is 0. The number of aliphatic hydroxyl groups is 1. The van der Waals surface area contributed by atoms with Gasteiger partial charge in [-0.05, 0) is 73.2 Å². The first-order valence-corrected chi connectivity index (χ1v) is 13.2. The maximum absolute atomic E-state index is 13.5. The SMILES string of the molecule is CCN(CC)c1ccc(C2/C(=C(\O)c3cc(C(C)(C)C)ccc3C)C(=O)C(=O)N2Cc2ccccn2)cc1. The molecule has 2 aromatic carbocycles. The molecule has 2 heterocycles. The van der Waals surface area contributed by atoms with Gasteiger partial charge in [-0.1, -0.05) is 51.1 Å². The molecule has 1 atom stereocenters. The van der Waals surface area contributed by atoms with E-state index in [1.54, 1.807) is 6.20 Å². The molecule has 0 spiro atoms. The second-order valence-electron chi connectivity index (χ2n) is 10.8. The molecule has 0 bridgehead atoms. The van der Waals surface area contributed by atoms with E-state index < -0.39 is 17.7 Å². The van der Waals surface area contributed by atoms with Gasteiger partial charge >= 0.3 is 0 Å². The van der Waals surface area contributed by atoms with Crippen LogP contribution in [0, 0.1) is 6.92 Å². The van der Waals surface area contributed by atoms with E-state index in [2.05, 4.69) is 44.5 Å². The van der Waals surface area contributed by atoms with Crippen molar-refractivity contribution in [2.75, 3.05) is 18.0 Å². The summed E-state index contributed by atoms with van der Waals surface area (Å²) in [5.74, 6) is -1.47. The van der Waals surface area contributed by atoms with Gasteiger partial charge in [0.1, 0.15) is 5.76 Å². The van der Waals surface area contributed by atoms with Crippen LogP contribution in [-0.4, -0.2) is 39.8 Å². The van der Waals surface area contributed by atoms with E-state index in [0.717, 1.165) is 35.5 Å². The first-order chi connectivity index (χ1) is 18.1. The van der Waals surface area contributed by atoms with Crippen molar-refractivity contribution in [2.24, 2.45) is 0 Å². The van der Waals surface area contributed by atoms with Crippen molar-refractivity contribution in [3.8, 4) is 0 Å². The summed E-state index contributed by atoms with van der Waals surface area (Å²) in [4.78, 5) is 35.1. The molecule has 1 unspecified atom stereocenters. The molecule has 0 aliphatic carbocycles. The van der Waals surface area contributed by atoms with Crippen molar-refractivity contribution >= 4 is 23.1 Å². The van der Waals surface area contributed by atoms with Crippen LogP contribution in [0.3, 0.4) is 0 Å². The fourth-order valence-electron chi connectivity index (χ4n) is 5.00. The molecule has 1 N–H and O–H groups in total. The number of anilines is 1. The zero-order valence-electron chi connectivity index (χ0n) is 23.2. The molecule has 1 amide bonds. The van der Waals surface area contributed by atoms with E-state index in [9.17, 15) is 14.7 Å². The number of aryl methyl sites for hydroxylation is 1. The van der Waals surface area contributed by atoms with Gasteiger partial charge < -0.3 is 14.9 Å². The molecule has 3 aromatic rings. The highest BCUT2D eigenvalue weighted by molar-refractivity contribution is 6.46. The van der Waals surface area contributed by atoms with Crippen LogP contribution in [0.15, 0.2) is 72.4 Å². The van der Waals surface area contributed by atoms with Crippen LogP contribution < -0.4 is 4.90 Å². The lowest BCUT2D eigenvalue weighted by molar-refractivity contribution is -0.140. The van der Waals surface area contributed by atoms with Gasteiger partial charge in [-0.3, -0.25) is 14.6 Å². The number of likely N-dealkylation sites (tertiary alicyclic amines) is 1. The first-order valence-electron chi connectivity index (χ1n) is 13.2. The highest BCUT2D eigenvalue weighted by Gasteiger charge is 2.46. The normalized spacial score (nSPS) is 17.2. The number of hydrogen-bond acceptors (Lipinski definition) is 5. The van der Waals surface area contributed by atoms with Gasteiger partial charge in [0.05, 0.1) is 23.9 Å². The fraction of sp³-hybridized carbons (Fsp3) is 0.344. The van der Waals surface area contributed by atoms with Gasteiger partial charge in [-0.25, -0.2) is 0 Å². The Bertz CT molecular complexity index is 1350. The molecular weight excluding hydrogens is 474 g/mol. The molecule has 1 saturated heterocycles. The second kappa shape index (κ2) is 10.8. The minimum Gasteiger partial charge on any atom is -0.507 e. The van der Waals surface area contributed by atoms with Crippen LogP contribution in [0.1, 0.15) is 68.6 Å². The summed E-state index contributed by atoms with van der Waals surface area (Å²) in [5.41, 5.74) is 4.90. The number of aliphatic hydroxyl groups excluding tert-OH is 1. The zero-order chi connectivity index (χ0) is 27.6. The standard InChI is InChI=1S/C32H37N3O3/c1-7-34(8-2)25-16-13-22(14-17-25)28-27(29(36)26-19-23(32(4,5)6)15-12-21(26)3)30(37)31(38)35(28)20-24-11-9-10-18-33-24/h9-19,28,36H,7-8,20H2,1-6H3/b29-27+. The highest BCUT2D eigenvalue weighted by atomic mass is 16.3. The molecule has 6 nitrogen and oxygen atoms in total. The Morgan fingerprint density at radius 3 is 2.26 bits per heavy atom. The number of carbonyl (C=O) groups is 2. The number of nitrogens with zero attached hydrogens (tertiary/aromatic N) is 3. The molecule has 4 rings (SSSR count). The molecular formula is C32H37N3O3. The summed E-state index contributed by atoms with van der Waals surface area (Å²) in [5, 5.41) is 11.7. The van der Waals surface area contributed by atoms with Crippen LogP contribution >= 0.6 is 0 Å². The van der Waals surface area contributed by atoms with Crippen molar-refractivity contribution in [1.29, 1.82) is 0 Å². The highest BCUT2D eigenvalue weighted by Crippen LogP contribution is 2.41. The largest absolute Gasteiger partial charge is 0.507 e. The van der Waals surface area contributed by atoms with Gasteiger partial charge in [0.2, 0.25) is 0 Å². The predicted octanol–water partition coefficient (Wildman–Crippen LogP) is 6.16. The average Bonchev–Trinajstić information content (AvgIpc) is 3.14. The Labute approximate surface area is 225 Å². The molecule has 6 heteroatoms. The molecule has 0 saturated carbocycles. The van der Waals surface area contributed by atoms with E-state index in [1.165, 1.54) is 4.90 Å². The van der Waals surface area contributed by atoms with Gasteiger partial charge in [-0.15, -0.1) is 0 Å². The number of Topliss-reactive ketones (excluding diaryl/α,β-unsaturated/α-hetero) is 1. The first kappa shape index (κ1) is 27.1. The van der Waals surface area contributed by atoms with Crippen LogP contribution in [-0.2, 0) is 21.5 Å². The number of amides is 1. The van der Waals surface area contributed by atoms with Gasteiger partial charge in [0.25, 0.3) is 11.7 Å². The Hall–Kier alpha value is -3.93. The second-order valence-corrected chi connectivity index (χ2v) is 10.8. The Morgan fingerprint density at radius 2 is 1.68 bits per heavy atom. The monoisotopic (exact) mass is 511 g/mol. The number of carbonyl (C=O) groups excluding carboxylic acids is 2. The van der Waals surface area contributed by atoms with E-state index >= 15 is 0 Å². The van der Waals surface area contributed by atoms with Crippen molar-refractivity contribution < 1.29 is 14.7 Å². The maximum Gasteiger partial charge on any atom is 0.296 e. The third-order valence-corrected chi connectivity index (χ3v) is 7.29. The molecule has 0 radical (unpaired) electrons. The molecule has 38 heavy (non-hydrogen) atoms. The summed E-state index contributed by atoms with van der Waals surface area (Å²) < 4.78 is 0. The van der Waals surface area contributed by atoms with Gasteiger partial charge in [-0.2, -0.15) is 0 Å². The van der Waals surface area contributed by atoms with Crippen LogP contribution in [0.25, 0.3) is 5.76 Å². The number of aromatic nitrogens is 1. The average molecular weight is 512 g/mol. The van der Waals surface area contributed by atoms with Crippen molar-refractivity contribution in [3.63, 3.8) is 0 Å². The van der Waals surface area contributed by atoms with E-state index in [0.29, 0.717) is 11.3 Å². The summed E-state index contributed by atoms with van der Waals surface area (Å²) in [6.45, 7) is 14.3. The Kier molecular flexibility index (Phi) is 7.72. The lowest BCUT2D eigenvalue weighted by atomic mass is 9.84. The minimum absolute atomic E-state index is 0.107. The summed E-state index contributed by atoms with van der Waals surface area (Å²) in [6.07, 6.45) is 1.67. The van der Waals surface area contributed by atoms with E-state index in [1.807, 2.05) is 67.6 Å². The Balaban J connectivity index is 1.89. The molecule has 198 valence electrons. The van der Waals surface area contributed by atoms with Crippen LogP contribution in [0.5, 0.6) is 0 Å². The third kappa shape index (κ3) is 5.21. The van der Waals surface area contributed by atoms with Gasteiger partial charge in [0, 0.05) is 30.5 Å². The topological polar surface area (TPSA) is 73.7 Å². The molecule has 1 fully saturated rings. The molecule has 1 aliphatic heterocycles. The third-order valence-electron chi connectivity index (χ3n) is 7.29. The number of rotatable bonds is 7. The summed E-state index contributed by atoms with van der Waals surface area (Å²) in [7, 11) is 0. The lowest BCUT2D eigenvalue weighted by Gasteiger charge is -2.27. The van der Waals surface area contributed by atoms with Crippen molar-refractivity contribution in [2.45, 2.75) is 59.5 Å². The predicted molar refractivity (Wildman–Crippen MR) is 152 cm³/mol. The molecule has 1 aliphatic rings. The Morgan fingerprint density at radius 1 is 1.00 bits per heavy atom. The van der Waals surface area contributed by atoms with E-state index in [4.69, 9.17) is 0 Å². The summed E-state index contributed by atoms with van der Waals surface area (Å²) in [6, 6.07) is 18.6. The fourth-order valence-corrected chi connectivity index (χ4v) is 5.00. The maximum atomic E-state index is 13.5. The quantitative estimate of drug-likeness (QED) is 0.234. The smallest absolute Gasteiger partial charge is 0.296 e.